The van der Waals surface area contributed by atoms with Crippen molar-refractivity contribution in [2.45, 2.75) is 45.6 Å². The van der Waals surface area contributed by atoms with E-state index in [-0.39, 0.29) is 0 Å². The highest BCUT2D eigenvalue weighted by atomic mass is 16.4. The van der Waals surface area contributed by atoms with Crippen LogP contribution in [0.25, 0.3) is 0 Å². The van der Waals surface area contributed by atoms with Gasteiger partial charge in [-0.3, -0.25) is 9.59 Å². The molecule has 19 heavy (non-hydrogen) atoms. The second kappa shape index (κ2) is 11.9. The largest absolute Gasteiger partial charge is 0.481 e. The zero-order valence-electron chi connectivity index (χ0n) is 12.4. The summed E-state index contributed by atoms with van der Waals surface area (Å²) >= 11 is 0. The highest BCUT2D eigenvalue weighted by molar-refractivity contribution is 5.63. The first-order chi connectivity index (χ1) is 8.65. The molecule has 1 rings (SSSR count). The SMILES string of the molecule is CC(=O)O.CC(=O)O.CN(C)C[C@H]1CC[C@H](N)CC1. The summed E-state index contributed by atoms with van der Waals surface area (Å²) in [5.74, 6) is -0.759. The maximum Gasteiger partial charge on any atom is 0.300 e. The van der Waals surface area contributed by atoms with Gasteiger partial charge in [0, 0.05) is 26.4 Å². The van der Waals surface area contributed by atoms with Gasteiger partial charge in [-0.05, 0) is 45.7 Å². The molecule has 0 aliphatic heterocycles. The van der Waals surface area contributed by atoms with Crippen molar-refractivity contribution in [1.29, 1.82) is 0 Å². The van der Waals surface area contributed by atoms with Crippen LogP contribution in [-0.2, 0) is 9.59 Å². The summed E-state index contributed by atoms with van der Waals surface area (Å²) in [7, 11) is 4.29. The number of carboxylic acid groups (broad SMARTS) is 2. The number of hydrogen-bond donors (Lipinski definition) is 3. The minimum Gasteiger partial charge on any atom is -0.481 e. The predicted octanol–water partition coefficient (Wildman–Crippen LogP) is 1.25. The van der Waals surface area contributed by atoms with Gasteiger partial charge in [-0.25, -0.2) is 0 Å². The van der Waals surface area contributed by atoms with Crippen molar-refractivity contribution in [1.82, 2.24) is 4.90 Å². The monoisotopic (exact) mass is 276 g/mol. The lowest BCUT2D eigenvalue weighted by molar-refractivity contribution is -0.135. The first-order valence-electron chi connectivity index (χ1n) is 6.44. The molecular weight excluding hydrogens is 248 g/mol. The normalized spacial score (nSPS) is 21.6. The van der Waals surface area contributed by atoms with Crippen LogP contribution >= 0.6 is 0 Å². The van der Waals surface area contributed by atoms with Crippen LogP contribution in [0.2, 0.25) is 0 Å². The minimum atomic E-state index is -0.833. The Balaban J connectivity index is 0. The van der Waals surface area contributed by atoms with Crippen molar-refractivity contribution < 1.29 is 19.8 Å². The van der Waals surface area contributed by atoms with Crippen LogP contribution in [-0.4, -0.2) is 53.7 Å². The standard InChI is InChI=1S/C9H20N2.2C2H4O2/c1-11(2)7-8-3-5-9(10)6-4-8;2*1-2(3)4/h8-9H,3-7,10H2,1-2H3;2*1H3,(H,3,4)/t8-,9-;;. The van der Waals surface area contributed by atoms with Crippen LogP contribution in [0.1, 0.15) is 39.5 Å². The zero-order chi connectivity index (χ0) is 15.4. The molecule has 0 spiro atoms. The van der Waals surface area contributed by atoms with E-state index in [1.54, 1.807) is 0 Å². The Morgan fingerprint density at radius 2 is 1.37 bits per heavy atom. The van der Waals surface area contributed by atoms with E-state index < -0.39 is 11.9 Å². The molecule has 0 amide bonds. The van der Waals surface area contributed by atoms with Crippen molar-refractivity contribution >= 4 is 11.9 Å². The Hall–Kier alpha value is -1.14. The molecule has 1 fully saturated rings. The fourth-order valence-electron chi connectivity index (χ4n) is 1.89. The van der Waals surface area contributed by atoms with Crippen LogP contribution < -0.4 is 5.73 Å². The average Bonchev–Trinajstić information content (AvgIpc) is 2.19. The van der Waals surface area contributed by atoms with Crippen molar-refractivity contribution in [3.63, 3.8) is 0 Å². The molecule has 114 valence electrons. The third kappa shape index (κ3) is 22.5. The van der Waals surface area contributed by atoms with E-state index in [2.05, 4.69) is 19.0 Å². The molecule has 6 heteroatoms. The Bertz CT molecular complexity index is 229. The van der Waals surface area contributed by atoms with Crippen molar-refractivity contribution in [2.75, 3.05) is 20.6 Å². The summed E-state index contributed by atoms with van der Waals surface area (Å²) in [6.07, 6.45) is 5.13. The fraction of sp³-hybridized carbons (Fsp3) is 0.846. The molecule has 0 radical (unpaired) electrons. The highest BCUT2D eigenvalue weighted by Crippen LogP contribution is 2.23. The van der Waals surface area contributed by atoms with Gasteiger partial charge < -0.3 is 20.8 Å². The van der Waals surface area contributed by atoms with Gasteiger partial charge in [0.25, 0.3) is 11.9 Å². The highest BCUT2D eigenvalue weighted by Gasteiger charge is 2.18. The van der Waals surface area contributed by atoms with Gasteiger partial charge in [0.05, 0.1) is 0 Å². The lowest BCUT2D eigenvalue weighted by atomic mass is 9.86. The molecule has 1 aliphatic rings. The summed E-state index contributed by atoms with van der Waals surface area (Å²) in [6, 6.07) is 0.494. The van der Waals surface area contributed by atoms with E-state index >= 15 is 0 Å². The van der Waals surface area contributed by atoms with E-state index in [9.17, 15) is 0 Å². The van der Waals surface area contributed by atoms with Gasteiger partial charge >= 0.3 is 0 Å². The molecule has 0 atom stereocenters. The lowest BCUT2D eigenvalue weighted by Crippen LogP contribution is -2.31. The number of nitrogens with zero attached hydrogens (tertiary/aromatic N) is 1. The second-order valence-corrected chi connectivity index (χ2v) is 5.08. The fourth-order valence-corrected chi connectivity index (χ4v) is 1.89. The molecule has 0 unspecified atom stereocenters. The van der Waals surface area contributed by atoms with Gasteiger partial charge in [0.15, 0.2) is 0 Å². The quantitative estimate of drug-likeness (QED) is 0.701. The smallest absolute Gasteiger partial charge is 0.300 e. The third-order valence-corrected chi connectivity index (χ3v) is 2.51. The number of rotatable bonds is 2. The first-order valence-corrected chi connectivity index (χ1v) is 6.44. The predicted molar refractivity (Wildman–Crippen MR) is 75.1 cm³/mol. The summed E-state index contributed by atoms with van der Waals surface area (Å²) in [5.41, 5.74) is 5.81. The molecule has 0 bridgehead atoms. The van der Waals surface area contributed by atoms with E-state index in [0.717, 1.165) is 19.8 Å². The zero-order valence-corrected chi connectivity index (χ0v) is 12.4. The van der Waals surface area contributed by atoms with E-state index in [0.29, 0.717) is 6.04 Å². The van der Waals surface area contributed by atoms with Gasteiger partial charge in [-0.1, -0.05) is 0 Å². The molecule has 6 nitrogen and oxygen atoms in total. The molecular formula is C13H28N2O4. The molecule has 4 N–H and O–H groups in total. The summed E-state index contributed by atoms with van der Waals surface area (Å²) in [5, 5.41) is 14.8. The Morgan fingerprint density at radius 3 is 1.63 bits per heavy atom. The number of hydrogen-bond acceptors (Lipinski definition) is 4. The van der Waals surface area contributed by atoms with Crippen LogP contribution in [0, 0.1) is 5.92 Å². The number of carboxylic acids is 2. The molecule has 0 aromatic heterocycles. The Labute approximate surface area is 115 Å². The number of nitrogens with two attached hydrogens (primary N) is 1. The summed E-state index contributed by atoms with van der Waals surface area (Å²) < 4.78 is 0. The van der Waals surface area contributed by atoms with Crippen LogP contribution in [0.15, 0.2) is 0 Å². The number of aliphatic carboxylic acids is 2. The Morgan fingerprint density at radius 1 is 1.05 bits per heavy atom. The van der Waals surface area contributed by atoms with E-state index in [1.807, 2.05) is 0 Å². The first kappa shape index (κ1) is 20.2. The minimum absolute atomic E-state index is 0.494. The molecule has 0 aromatic carbocycles. The van der Waals surface area contributed by atoms with E-state index in [1.165, 1.54) is 32.2 Å². The molecule has 1 aliphatic carbocycles. The molecule has 0 heterocycles. The van der Waals surface area contributed by atoms with Crippen LogP contribution in [0.4, 0.5) is 0 Å². The molecule has 0 aromatic rings. The van der Waals surface area contributed by atoms with Crippen molar-refractivity contribution in [3.8, 4) is 0 Å². The van der Waals surface area contributed by atoms with Gasteiger partial charge in [0.2, 0.25) is 0 Å². The maximum absolute atomic E-state index is 9.00. The average molecular weight is 276 g/mol. The lowest BCUT2D eigenvalue weighted by Gasteiger charge is -2.28. The van der Waals surface area contributed by atoms with Gasteiger partial charge in [-0.2, -0.15) is 0 Å². The maximum atomic E-state index is 9.00. The number of carbonyl (C=O) groups is 2. The van der Waals surface area contributed by atoms with Gasteiger partial charge in [0.1, 0.15) is 0 Å². The summed E-state index contributed by atoms with van der Waals surface area (Å²) in [4.78, 5) is 20.3. The van der Waals surface area contributed by atoms with Gasteiger partial charge in [-0.15, -0.1) is 0 Å². The van der Waals surface area contributed by atoms with Crippen molar-refractivity contribution in [3.05, 3.63) is 0 Å². The molecule has 1 saturated carbocycles. The Kier molecular flexibility index (Phi) is 12.7. The summed E-state index contributed by atoms with van der Waals surface area (Å²) in [6.45, 7) is 3.41. The molecule has 0 saturated heterocycles. The van der Waals surface area contributed by atoms with Crippen LogP contribution in [0.5, 0.6) is 0 Å². The topological polar surface area (TPSA) is 104 Å². The van der Waals surface area contributed by atoms with Crippen LogP contribution in [0.3, 0.4) is 0 Å². The van der Waals surface area contributed by atoms with Crippen molar-refractivity contribution in [2.24, 2.45) is 11.7 Å². The third-order valence-electron chi connectivity index (χ3n) is 2.51. The van der Waals surface area contributed by atoms with E-state index in [4.69, 9.17) is 25.5 Å². The second-order valence-electron chi connectivity index (χ2n) is 5.08.